The Labute approximate surface area is 243 Å². The first kappa shape index (κ1) is 27.7. The maximum Gasteiger partial charge on any atom is 0.251 e. The highest BCUT2D eigenvalue weighted by Gasteiger charge is 2.33. The van der Waals surface area contributed by atoms with Crippen LogP contribution in [0.4, 0.5) is 0 Å². The molecule has 3 heterocycles. The number of aromatic nitrogens is 3. The van der Waals surface area contributed by atoms with Crippen molar-refractivity contribution >= 4 is 17.7 Å². The molecule has 12 nitrogen and oxygen atoms in total. The predicted molar refractivity (Wildman–Crippen MR) is 150 cm³/mol. The molecule has 3 aromatic rings. The van der Waals surface area contributed by atoms with Crippen LogP contribution in [0.1, 0.15) is 41.6 Å². The summed E-state index contributed by atoms with van der Waals surface area (Å²) >= 11 is 0. The molecule has 2 aliphatic heterocycles. The van der Waals surface area contributed by atoms with Crippen LogP contribution in [0.25, 0.3) is 0 Å². The van der Waals surface area contributed by atoms with Crippen molar-refractivity contribution in [2.24, 2.45) is 5.92 Å². The number of nitrogens with one attached hydrogen (secondary N) is 2. The summed E-state index contributed by atoms with van der Waals surface area (Å²) in [6, 6.07) is 12.3. The maximum absolute atomic E-state index is 13.1. The molecular formula is C30H34N6O6. The molecule has 6 rings (SSSR count). The van der Waals surface area contributed by atoms with Gasteiger partial charge in [0.2, 0.25) is 11.8 Å². The third kappa shape index (κ3) is 7.24. The Balaban J connectivity index is 1.19. The van der Waals surface area contributed by atoms with E-state index in [-0.39, 0.29) is 43.3 Å². The molecule has 0 spiro atoms. The van der Waals surface area contributed by atoms with Crippen LogP contribution in [0, 0.1) is 5.92 Å². The minimum absolute atomic E-state index is 0.0199. The van der Waals surface area contributed by atoms with Gasteiger partial charge in [-0.2, -0.15) is 15.0 Å². The normalized spacial score (nSPS) is 21.3. The molecule has 0 radical (unpaired) electrons. The zero-order chi connectivity index (χ0) is 28.9. The lowest BCUT2D eigenvalue weighted by Gasteiger charge is -2.38. The minimum Gasteiger partial charge on any atom is -0.493 e. The van der Waals surface area contributed by atoms with Crippen LogP contribution in [0.5, 0.6) is 17.2 Å². The van der Waals surface area contributed by atoms with Gasteiger partial charge in [0.15, 0.2) is 0 Å². The number of amides is 3. The van der Waals surface area contributed by atoms with E-state index in [4.69, 9.17) is 14.2 Å². The summed E-state index contributed by atoms with van der Waals surface area (Å²) in [7, 11) is 0. The molecule has 2 N–H and O–H groups in total. The van der Waals surface area contributed by atoms with Crippen molar-refractivity contribution in [3.05, 3.63) is 66.0 Å². The molecule has 220 valence electrons. The van der Waals surface area contributed by atoms with Crippen molar-refractivity contribution in [2.75, 3.05) is 26.2 Å². The summed E-state index contributed by atoms with van der Waals surface area (Å²) in [5.74, 6) is 1.49. The maximum atomic E-state index is 13.1. The van der Waals surface area contributed by atoms with Gasteiger partial charge in [-0.05, 0) is 55.0 Å². The van der Waals surface area contributed by atoms with E-state index in [0.29, 0.717) is 61.5 Å². The summed E-state index contributed by atoms with van der Waals surface area (Å²) < 4.78 is 18.4. The third-order valence-electron chi connectivity index (χ3n) is 7.55. The standard InChI is InChI=1S/C30H34N6O6/c37-28-6-8-31-30(39)22-13-24(40-18-20-4-5-20)15-25(14-22)42-23-3-1-2-21(12-23)19-41-27-7-11-35(16-26(27)34-28)29(38)17-36-32-9-10-33-36/h1-3,9-10,12-15,20,26-27H,4-8,11,16-19H2,(H,31,39)(H,34,37)/t26-,27+/m0/s1. The van der Waals surface area contributed by atoms with Crippen molar-refractivity contribution in [3.8, 4) is 17.2 Å². The molecule has 12 heteroatoms. The number of rotatable bonds is 5. The highest BCUT2D eigenvalue weighted by Crippen LogP contribution is 2.32. The zero-order valence-corrected chi connectivity index (χ0v) is 23.2. The second kappa shape index (κ2) is 12.6. The Bertz CT molecular complexity index is 1430. The van der Waals surface area contributed by atoms with Gasteiger partial charge in [-0.3, -0.25) is 14.4 Å². The largest absolute Gasteiger partial charge is 0.493 e. The molecule has 1 aromatic heterocycles. The van der Waals surface area contributed by atoms with E-state index in [0.717, 1.165) is 18.4 Å². The molecule has 2 atom stereocenters. The van der Waals surface area contributed by atoms with Crippen LogP contribution < -0.4 is 20.1 Å². The lowest BCUT2D eigenvalue weighted by Crippen LogP contribution is -2.57. The Morgan fingerprint density at radius 3 is 2.74 bits per heavy atom. The molecule has 1 saturated carbocycles. The topological polar surface area (TPSA) is 137 Å². The summed E-state index contributed by atoms with van der Waals surface area (Å²) in [4.78, 5) is 42.0. The smallest absolute Gasteiger partial charge is 0.251 e. The van der Waals surface area contributed by atoms with Gasteiger partial charge in [-0.1, -0.05) is 12.1 Å². The van der Waals surface area contributed by atoms with Gasteiger partial charge in [-0.25, -0.2) is 0 Å². The van der Waals surface area contributed by atoms with Gasteiger partial charge in [0.25, 0.3) is 5.91 Å². The monoisotopic (exact) mass is 574 g/mol. The van der Waals surface area contributed by atoms with Gasteiger partial charge in [0, 0.05) is 37.7 Å². The first-order valence-electron chi connectivity index (χ1n) is 14.3. The first-order chi connectivity index (χ1) is 20.5. The average Bonchev–Trinajstić information content (AvgIpc) is 3.68. The van der Waals surface area contributed by atoms with E-state index in [2.05, 4.69) is 20.8 Å². The number of piperidine rings is 1. The number of hydrogen-bond acceptors (Lipinski definition) is 8. The van der Waals surface area contributed by atoms with E-state index in [1.165, 1.54) is 17.2 Å². The van der Waals surface area contributed by atoms with Crippen molar-refractivity contribution in [3.63, 3.8) is 0 Å². The molecule has 2 fully saturated rings. The molecule has 1 saturated heterocycles. The van der Waals surface area contributed by atoms with E-state index < -0.39 is 6.04 Å². The molecule has 0 unspecified atom stereocenters. The summed E-state index contributed by atoms with van der Waals surface area (Å²) in [5, 5.41) is 13.9. The van der Waals surface area contributed by atoms with Crippen LogP contribution in [0.3, 0.4) is 0 Å². The predicted octanol–water partition coefficient (Wildman–Crippen LogP) is 2.30. The van der Waals surface area contributed by atoms with Crippen molar-refractivity contribution in [1.82, 2.24) is 30.5 Å². The van der Waals surface area contributed by atoms with Crippen LogP contribution in [-0.2, 0) is 27.5 Å². The summed E-state index contributed by atoms with van der Waals surface area (Å²) in [6.07, 6.45) is 5.66. The number of carbonyl (C=O) groups excluding carboxylic acids is 3. The van der Waals surface area contributed by atoms with Crippen LogP contribution >= 0.6 is 0 Å². The zero-order valence-electron chi connectivity index (χ0n) is 23.2. The Morgan fingerprint density at radius 1 is 1.05 bits per heavy atom. The molecule has 3 aliphatic rings. The third-order valence-corrected chi connectivity index (χ3v) is 7.55. The average molecular weight is 575 g/mol. The second-order valence-corrected chi connectivity index (χ2v) is 10.9. The molecule has 42 heavy (non-hydrogen) atoms. The Hall–Kier alpha value is -4.45. The van der Waals surface area contributed by atoms with Crippen molar-refractivity contribution < 1.29 is 28.6 Å². The fourth-order valence-corrected chi connectivity index (χ4v) is 5.09. The molecule has 3 amide bonds. The summed E-state index contributed by atoms with van der Waals surface area (Å²) in [5.41, 5.74) is 1.28. The number of likely N-dealkylation sites (tertiary alicyclic amines) is 1. The van der Waals surface area contributed by atoms with Crippen molar-refractivity contribution in [1.29, 1.82) is 0 Å². The summed E-state index contributed by atoms with van der Waals surface area (Å²) in [6.45, 7) is 1.84. The lowest BCUT2D eigenvalue weighted by atomic mass is 10.0. The number of ether oxygens (including phenoxy) is 3. The highest BCUT2D eigenvalue weighted by molar-refractivity contribution is 5.95. The Kier molecular flexibility index (Phi) is 8.31. The fourth-order valence-electron chi connectivity index (χ4n) is 5.09. The SMILES string of the molecule is O=C1CCNC(=O)c2cc(OCC3CC3)cc(c2)Oc2cccc(c2)CO[C@@H]2CCN(C(=O)Cn3nccn3)C[C@@H]2N1. The second-order valence-electron chi connectivity index (χ2n) is 10.9. The van der Waals surface area contributed by atoms with Crippen molar-refractivity contribution in [2.45, 2.75) is 51.0 Å². The molecule has 2 aromatic carbocycles. The number of benzene rings is 2. The molecular weight excluding hydrogens is 540 g/mol. The van der Waals surface area contributed by atoms with Gasteiger partial charge in [0.05, 0.1) is 37.8 Å². The van der Waals surface area contributed by atoms with Gasteiger partial charge in [0.1, 0.15) is 23.8 Å². The van der Waals surface area contributed by atoms with E-state index in [9.17, 15) is 14.4 Å². The first-order valence-corrected chi connectivity index (χ1v) is 14.3. The van der Waals surface area contributed by atoms with Gasteiger partial charge in [-0.15, -0.1) is 0 Å². The molecule has 4 bridgehead atoms. The van der Waals surface area contributed by atoms with Crippen LogP contribution in [0.2, 0.25) is 0 Å². The minimum atomic E-state index is -0.423. The lowest BCUT2D eigenvalue weighted by molar-refractivity contribution is -0.138. The quantitative estimate of drug-likeness (QED) is 0.474. The van der Waals surface area contributed by atoms with E-state index in [1.807, 2.05) is 24.3 Å². The molecule has 1 aliphatic carbocycles. The number of hydrogen-bond donors (Lipinski definition) is 2. The van der Waals surface area contributed by atoms with Gasteiger partial charge < -0.3 is 29.7 Å². The highest BCUT2D eigenvalue weighted by atomic mass is 16.5. The van der Waals surface area contributed by atoms with Gasteiger partial charge >= 0.3 is 0 Å². The van der Waals surface area contributed by atoms with E-state index in [1.54, 1.807) is 23.1 Å². The fraction of sp³-hybridized carbons (Fsp3) is 0.433. The number of fused-ring (bicyclic) bond motifs is 5. The van der Waals surface area contributed by atoms with E-state index >= 15 is 0 Å². The van der Waals surface area contributed by atoms with Crippen LogP contribution in [-0.4, -0.2) is 76.0 Å². The Morgan fingerprint density at radius 2 is 1.90 bits per heavy atom. The van der Waals surface area contributed by atoms with Crippen LogP contribution in [0.15, 0.2) is 54.9 Å². The number of nitrogens with zero attached hydrogens (tertiary/aromatic N) is 4. The number of carbonyl (C=O) groups is 3.